The SMILES string of the molecule is COc1cc(C(=O)O[C@@H](C)C(=O)NC2CC2)cc(Br)c1O. The van der Waals surface area contributed by atoms with Gasteiger partial charge in [0.2, 0.25) is 0 Å². The highest BCUT2D eigenvalue weighted by atomic mass is 79.9. The number of ether oxygens (including phenoxy) is 2. The van der Waals surface area contributed by atoms with Crippen molar-refractivity contribution in [1.82, 2.24) is 5.32 Å². The first-order chi connectivity index (χ1) is 9.92. The molecule has 6 nitrogen and oxygen atoms in total. The van der Waals surface area contributed by atoms with Crippen LogP contribution in [0, 0.1) is 0 Å². The highest BCUT2D eigenvalue weighted by Crippen LogP contribution is 2.35. The van der Waals surface area contributed by atoms with Gasteiger partial charge in [0.1, 0.15) is 0 Å². The van der Waals surface area contributed by atoms with Crippen molar-refractivity contribution >= 4 is 27.8 Å². The fourth-order valence-corrected chi connectivity index (χ4v) is 2.12. The quantitative estimate of drug-likeness (QED) is 0.787. The zero-order valence-electron chi connectivity index (χ0n) is 11.7. The van der Waals surface area contributed by atoms with E-state index >= 15 is 0 Å². The Balaban J connectivity index is 2.05. The monoisotopic (exact) mass is 357 g/mol. The third-order valence-electron chi connectivity index (χ3n) is 3.06. The second kappa shape index (κ2) is 6.34. The van der Waals surface area contributed by atoms with Crippen molar-refractivity contribution in [2.45, 2.75) is 31.9 Å². The van der Waals surface area contributed by atoms with E-state index in [2.05, 4.69) is 21.2 Å². The minimum absolute atomic E-state index is 0.103. The zero-order chi connectivity index (χ0) is 15.6. The number of esters is 1. The summed E-state index contributed by atoms with van der Waals surface area (Å²) in [5.41, 5.74) is 0.183. The summed E-state index contributed by atoms with van der Waals surface area (Å²) in [6.07, 6.45) is 1.06. The topological polar surface area (TPSA) is 84.9 Å². The van der Waals surface area contributed by atoms with Gasteiger partial charge in [0.05, 0.1) is 17.1 Å². The molecule has 1 fully saturated rings. The summed E-state index contributed by atoms with van der Waals surface area (Å²) < 4.78 is 10.4. The molecule has 1 atom stereocenters. The second-order valence-electron chi connectivity index (χ2n) is 4.84. The van der Waals surface area contributed by atoms with E-state index in [0.717, 1.165) is 12.8 Å². The number of halogens is 1. The molecule has 0 spiro atoms. The molecule has 114 valence electrons. The van der Waals surface area contributed by atoms with Gasteiger partial charge in [-0.05, 0) is 47.8 Å². The maximum Gasteiger partial charge on any atom is 0.339 e. The lowest BCUT2D eigenvalue weighted by atomic mass is 10.2. The molecule has 1 aromatic rings. The van der Waals surface area contributed by atoms with Gasteiger partial charge in [-0.15, -0.1) is 0 Å². The molecular formula is C14H16BrNO5. The Hall–Kier alpha value is -1.76. The highest BCUT2D eigenvalue weighted by molar-refractivity contribution is 9.10. The molecule has 1 aromatic carbocycles. The van der Waals surface area contributed by atoms with Crippen molar-refractivity contribution in [3.8, 4) is 11.5 Å². The van der Waals surface area contributed by atoms with Crippen LogP contribution in [0.25, 0.3) is 0 Å². The predicted molar refractivity (Wildman–Crippen MR) is 78.4 cm³/mol. The van der Waals surface area contributed by atoms with Crippen LogP contribution in [0.5, 0.6) is 11.5 Å². The van der Waals surface area contributed by atoms with E-state index in [-0.39, 0.29) is 29.0 Å². The number of hydrogen-bond acceptors (Lipinski definition) is 5. The molecule has 0 saturated heterocycles. The van der Waals surface area contributed by atoms with Gasteiger partial charge >= 0.3 is 5.97 Å². The van der Waals surface area contributed by atoms with Gasteiger partial charge in [0, 0.05) is 6.04 Å². The van der Waals surface area contributed by atoms with E-state index in [4.69, 9.17) is 9.47 Å². The van der Waals surface area contributed by atoms with E-state index in [9.17, 15) is 14.7 Å². The van der Waals surface area contributed by atoms with Crippen LogP contribution in [0.1, 0.15) is 30.1 Å². The summed E-state index contributed by atoms with van der Waals surface area (Å²) in [7, 11) is 1.38. The van der Waals surface area contributed by atoms with Crippen LogP contribution in [-0.4, -0.2) is 36.2 Å². The summed E-state index contributed by atoms with van der Waals surface area (Å²) in [6, 6.07) is 2.97. The van der Waals surface area contributed by atoms with Crippen LogP contribution >= 0.6 is 15.9 Å². The highest BCUT2D eigenvalue weighted by Gasteiger charge is 2.27. The molecule has 1 saturated carbocycles. The van der Waals surface area contributed by atoms with Gasteiger partial charge in [0.15, 0.2) is 17.6 Å². The predicted octanol–water partition coefficient (Wildman–Crippen LogP) is 1.99. The van der Waals surface area contributed by atoms with E-state index < -0.39 is 12.1 Å². The number of hydrogen-bond donors (Lipinski definition) is 2. The smallest absolute Gasteiger partial charge is 0.339 e. The normalized spacial score (nSPS) is 15.2. The van der Waals surface area contributed by atoms with Crippen LogP contribution in [0.4, 0.5) is 0 Å². The fourth-order valence-electron chi connectivity index (χ4n) is 1.68. The fraction of sp³-hybridized carbons (Fsp3) is 0.429. The Morgan fingerprint density at radius 3 is 2.67 bits per heavy atom. The summed E-state index contributed by atoms with van der Waals surface area (Å²) in [5, 5.41) is 12.5. The third kappa shape index (κ3) is 3.87. The third-order valence-corrected chi connectivity index (χ3v) is 3.67. The van der Waals surface area contributed by atoms with E-state index in [1.165, 1.54) is 26.2 Å². The van der Waals surface area contributed by atoms with Crippen molar-refractivity contribution in [3.63, 3.8) is 0 Å². The molecule has 2 N–H and O–H groups in total. The Labute approximate surface area is 130 Å². The summed E-state index contributed by atoms with van der Waals surface area (Å²) in [6.45, 7) is 1.52. The molecule has 0 radical (unpaired) electrons. The average Bonchev–Trinajstić information content (AvgIpc) is 3.25. The molecule has 0 aromatic heterocycles. The Morgan fingerprint density at radius 2 is 2.10 bits per heavy atom. The van der Waals surface area contributed by atoms with Crippen LogP contribution in [0.2, 0.25) is 0 Å². The average molecular weight is 358 g/mol. The molecule has 2 rings (SSSR count). The molecule has 0 unspecified atom stereocenters. The van der Waals surface area contributed by atoms with Crippen molar-refractivity contribution in [1.29, 1.82) is 0 Å². The number of benzene rings is 1. The maximum atomic E-state index is 12.0. The van der Waals surface area contributed by atoms with Crippen molar-refractivity contribution in [3.05, 3.63) is 22.2 Å². The number of rotatable bonds is 5. The van der Waals surface area contributed by atoms with Crippen molar-refractivity contribution in [2.75, 3.05) is 7.11 Å². The lowest BCUT2D eigenvalue weighted by Crippen LogP contribution is -2.37. The molecule has 21 heavy (non-hydrogen) atoms. The standard InChI is InChI=1S/C14H16BrNO5/c1-7(13(18)16-9-3-4-9)21-14(19)8-5-10(15)12(17)11(6-8)20-2/h5-7,9,17H,3-4H2,1-2H3,(H,16,18)/t7-/m0/s1. The van der Waals surface area contributed by atoms with Gasteiger partial charge in [-0.3, -0.25) is 4.79 Å². The van der Waals surface area contributed by atoms with Gasteiger partial charge in [0.25, 0.3) is 5.91 Å². The van der Waals surface area contributed by atoms with Crippen molar-refractivity contribution in [2.24, 2.45) is 0 Å². The minimum Gasteiger partial charge on any atom is -0.503 e. The largest absolute Gasteiger partial charge is 0.503 e. The minimum atomic E-state index is -0.878. The van der Waals surface area contributed by atoms with Gasteiger partial charge < -0.3 is 19.9 Å². The van der Waals surface area contributed by atoms with E-state index in [0.29, 0.717) is 4.47 Å². The van der Waals surface area contributed by atoms with Crippen molar-refractivity contribution < 1.29 is 24.2 Å². The van der Waals surface area contributed by atoms with Crippen LogP contribution in [-0.2, 0) is 9.53 Å². The molecule has 1 aliphatic carbocycles. The molecule has 0 heterocycles. The molecule has 1 amide bonds. The lowest BCUT2D eigenvalue weighted by molar-refractivity contribution is -0.129. The first-order valence-corrected chi connectivity index (χ1v) is 7.29. The number of phenols is 1. The number of carbonyl (C=O) groups excluding carboxylic acids is 2. The number of methoxy groups -OCH3 is 1. The molecule has 1 aliphatic rings. The Morgan fingerprint density at radius 1 is 1.43 bits per heavy atom. The molecule has 7 heteroatoms. The van der Waals surface area contributed by atoms with Gasteiger partial charge in [-0.25, -0.2) is 4.79 Å². The lowest BCUT2D eigenvalue weighted by Gasteiger charge is -2.14. The number of nitrogens with one attached hydrogen (secondary N) is 1. The number of amides is 1. The van der Waals surface area contributed by atoms with Crippen LogP contribution < -0.4 is 10.1 Å². The van der Waals surface area contributed by atoms with E-state index in [1.807, 2.05) is 0 Å². The number of aromatic hydroxyl groups is 1. The number of carbonyl (C=O) groups is 2. The first-order valence-electron chi connectivity index (χ1n) is 6.50. The first kappa shape index (κ1) is 15.6. The van der Waals surface area contributed by atoms with E-state index in [1.54, 1.807) is 0 Å². The summed E-state index contributed by atoms with van der Waals surface area (Å²) >= 11 is 3.13. The molecular weight excluding hydrogens is 342 g/mol. The zero-order valence-corrected chi connectivity index (χ0v) is 13.3. The Kier molecular flexibility index (Phi) is 4.72. The Bertz CT molecular complexity index is 571. The molecule has 0 aliphatic heterocycles. The van der Waals surface area contributed by atoms with Gasteiger partial charge in [-0.2, -0.15) is 0 Å². The van der Waals surface area contributed by atoms with Gasteiger partial charge in [-0.1, -0.05) is 0 Å². The van der Waals surface area contributed by atoms with Crippen LogP contribution in [0.15, 0.2) is 16.6 Å². The second-order valence-corrected chi connectivity index (χ2v) is 5.69. The molecule has 0 bridgehead atoms. The summed E-state index contributed by atoms with van der Waals surface area (Å²) in [5.74, 6) is -0.928. The van der Waals surface area contributed by atoms with Crippen LogP contribution in [0.3, 0.4) is 0 Å². The maximum absolute atomic E-state index is 12.0. The summed E-state index contributed by atoms with van der Waals surface area (Å²) in [4.78, 5) is 23.8. The number of phenolic OH excluding ortho intramolecular Hbond substituents is 1.